The van der Waals surface area contributed by atoms with Gasteiger partial charge in [0.1, 0.15) is 0 Å². The maximum Gasteiger partial charge on any atom is 0.0176 e. The average Bonchev–Trinajstić information content (AvgIpc) is 2.42. The normalized spacial score (nSPS) is 11.4. The van der Waals surface area contributed by atoms with Gasteiger partial charge in [-0.15, -0.1) is 0 Å². The maximum absolute atomic E-state index is 3.43. The van der Waals surface area contributed by atoms with E-state index in [0.29, 0.717) is 0 Å². The molecule has 18 heavy (non-hydrogen) atoms. The second kappa shape index (κ2) is 7.24. The minimum atomic E-state index is 1.11. The van der Waals surface area contributed by atoms with E-state index < -0.39 is 0 Å². The molecule has 0 atom stereocenters. The summed E-state index contributed by atoms with van der Waals surface area (Å²) in [6.45, 7) is 0. The van der Waals surface area contributed by atoms with Crippen LogP contribution in [0.25, 0.3) is 6.08 Å². The number of allylic oxidation sites excluding steroid dienone is 2. The van der Waals surface area contributed by atoms with Crippen LogP contribution >= 0.6 is 27.7 Å². The highest BCUT2D eigenvalue weighted by molar-refractivity contribution is 9.10. The van der Waals surface area contributed by atoms with Crippen LogP contribution in [-0.4, -0.2) is 0 Å². The molecule has 2 aromatic carbocycles. The Morgan fingerprint density at radius 3 is 2.28 bits per heavy atom. The van der Waals surface area contributed by atoms with Crippen LogP contribution in [0, 0.1) is 0 Å². The highest BCUT2D eigenvalue weighted by atomic mass is 79.9. The number of hydrogen-bond acceptors (Lipinski definition) is 1. The summed E-state index contributed by atoms with van der Waals surface area (Å²) in [6, 6.07) is 18.6. The molecule has 0 unspecified atom stereocenters. The third-order valence-electron chi connectivity index (χ3n) is 2.30. The number of benzene rings is 2. The summed E-state index contributed by atoms with van der Waals surface area (Å²) >= 11 is 5.14. The molecule has 0 aromatic heterocycles. The Morgan fingerprint density at radius 1 is 0.833 bits per heavy atom. The SMILES string of the molecule is Brc1ccc(S/C=C/C=C/c2ccccc2)cc1. The van der Waals surface area contributed by atoms with Crippen molar-refractivity contribution in [1.29, 1.82) is 0 Å². The van der Waals surface area contributed by atoms with E-state index in [9.17, 15) is 0 Å². The fraction of sp³-hybridized carbons (Fsp3) is 0. The Hall–Kier alpha value is -1.25. The van der Waals surface area contributed by atoms with Gasteiger partial charge in [-0.2, -0.15) is 0 Å². The van der Waals surface area contributed by atoms with E-state index >= 15 is 0 Å². The van der Waals surface area contributed by atoms with Gasteiger partial charge >= 0.3 is 0 Å². The molecule has 0 N–H and O–H groups in total. The van der Waals surface area contributed by atoms with Crippen molar-refractivity contribution < 1.29 is 0 Å². The lowest BCUT2D eigenvalue weighted by atomic mass is 10.2. The first-order valence-corrected chi connectivity index (χ1v) is 7.32. The monoisotopic (exact) mass is 316 g/mol. The van der Waals surface area contributed by atoms with Gasteiger partial charge in [0.2, 0.25) is 0 Å². The fourth-order valence-corrected chi connectivity index (χ4v) is 2.29. The van der Waals surface area contributed by atoms with Crippen molar-refractivity contribution in [3.05, 3.63) is 82.2 Å². The van der Waals surface area contributed by atoms with Crippen LogP contribution in [0.3, 0.4) is 0 Å². The molecule has 0 radical (unpaired) electrons. The second-order valence-electron chi connectivity index (χ2n) is 3.67. The Labute approximate surface area is 121 Å². The molecule has 0 heterocycles. The van der Waals surface area contributed by atoms with Gasteiger partial charge in [-0.1, -0.05) is 76.3 Å². The highest BCUT2D eigenvalue weighted by Crippen LogP contribution is 2.21. The van der Waals surface area contributed by atoms with E-state index in [-0.39, 0.29) is 0 Å². The molecule has 2 rings (SSSR count). The first kappa shape index (κ1) is 13.2. The lowest BCUT2D eigenvalue weighted by Crippen LogP contribution is -1.67. The van der Waals surface area contributed by atoms with Gasteiger partial charge in [0, 0.05) is 9.37 Å². The molecule has 0 bridgehead atoms. The van der Waals surface area contributed by atoms with E-state index in [4.69, 9.17) is 0 Å². The van der Waals surface area contributed by atoms with Crippen LogP contribution in [0.15, 0.2) is 81.5 Å². The van der Waals surface area contributed by atoms with Gasteiger partial charge in [-0.3, -0.25) is 0 Å². The van der Waals surface area contributed by atoms with E-state index in [1.54, 1.807) is 11.8 Å². The quantitative estimate of drug-likeness (QED) is 0.510. The third-order valence-corrected chi connectivity index (χ3v) is 3.66. The number of hydrogen-bond donors (Lipinski definition) is 0. The predicted molar refractivity (Wildman–Crippen MR) is 84.6 cm³/mol. The van der Waals surface area contributed by atoms with Gasteiger partial charge in [0.25, 0.3) is 0 Å². The highest BCUT2D eigenvalue weighted by Gasteiger charge is 1.89. The van der Waals surface area contributed by atoms with E-state index in [1.165, 1.54) is 10.5 Å². The van der Waals surface area contributed by atoms with Gasteiger partial charge in [0.15, 0.2) is 0 Å². The Balaban J connectivity index is 1.85. The van der Waals surface area contributed by atoms with Gasteiger partial charge in [0.05, 0.1) is 0 Å². The van der Waals surface area contributed by atoms with E-state index in [0.717, 1.165) is 4.47 Å². The van der Waals surface area contributed by atoms with Crippen LogP contribution in [0.2, 0.25) is 0 Å². The van der Waals surface area contributed by atoms with Crippen molar-refractivity contribution in [1.82, 2.24) is 0 Å². The first-order valence-electron chi connectivity index (χ1n) is 5.65. The largest absolute Gasteiger partial charge is 0.0981 e. The van der Waals surface area contributed by atoms with Crippen LogP contribution in [0.1, 0.15) is 5.56 Å². The zero-order chi connectivity index (χ0) is 12.6. The minimum absolute atomic E-state index is 1.11. The molecule has 0 aliphatic heterocycles. The number of thioether (sulfide) groups is 1. The lowest BCUT2D eigenvalue weighted by molar-refractivity contribution is 1.45. The summed E-state index contributed by atoms with van der Waals surface area (Å²) in [7, 11) is 0. The van der Waals surface area contributed by atoms with Crippen LogP contribution < -0.4 is 0 Å². The molecule has 0 aliphatic carbocycles. The summed E-state index contributed by atoms with van der Waals surface area (Å²) in [5, 5.41) is 2.09. The van der Waals surface area contributed by atoms with Crippen LogP contribution in [-0.2, 0) is 0 Å². The molecular formula is C16H13BrS. The van der Waals surface area contributed by atoms with Crippen molar-refractivity contribution in [3.8, 4) is 0 Å². The van der Waals surface area contributed by atoms with Crippen molar-refractivity contribution in [3.63, 3.8) is 0 Å². The zero-order valence-electron chi connectivity index (χ0n) is 9.79. The van der Waals surface area contributed by atoms with E-state index in [2.05, 4.69) is 76.0 Å². The molecule has 0 amide bonds. The molecule has 0 nitrogen and oxygen atoms in total. The molecular weight excluding hydrogens is 304 g/mol. The summed E-state index contributed by atoms with van der Waals surface area (Å²) in [6.07, 6.45) is 6.21. The standard InChI is InChI=1S/C16H13BrS/c17-15-9-11-16(12-10-15)18-13-5-4-8-14-6-2-1-3-7-14/h1-13H/b8-4+,13-5+. The summed E-state index contributed by atoms with van der Waals surface area (Å²) in [4.78, 5) is 1.24. The average molecular weight is 317 g/mol. The molecule has 90 valence electrons. The maximum atomic E-state index is 3.43. The molecule has 0 fully saturated rings. The topological polar surface area (TPSA) is 0 Å². The molecule has 0 aliphatic rings. The smallest absolute Gasteiger partial charge is 0.0176 e. The van der Waals surface area contributed by atoms with Gasteiger partial charge < -0.3 is 0 Å². The fourth-order valence-electron chi connectivity index (χ4n) is 1.41. The van der Waals surface area contributed by atoms with Crippen LogP contribution in [0.5, 0.6) is 0 Å². The number of halogens is 1. The summed E-state index contributed by atoms with van der Waals surface area (Å²) in [5.41, 5.74) is 1.22. The molecule has 2 aromatic rings. The van der Waals surface area contributed by atoms with Crippen molar-refractivity contribution >= 4 is 33.8 Å². The van der Waals surface area contributed by atoms with Crippen molar-refractivity contribution in [2.75, 3.05) is 0 Å². The number of rotatable bonds is 4. The molecule has 0 saturated carbocycles. The van der Waals surface area contributed by atoms with Crippen molar-refractivity contribution in [2.45, 2.75) is 4.90 Å². The third kappa shape index (κ3) is 4.55. The Kier molecular flexibility index (Phi) is 5.31. The molecule has 2 heteroatoms. The van der Waals surface area contributed by atoms with Crippen LogP contribution in [0.4, 0.5) is 0 Å². The van der Waals surface area contributed by atoms with Gasteiger partial charge in [-0.25, -0.2) is 0 Å². The Bertz CT molecular complexity index is 527. The molecule has 0 saturated heterocycles. The molecule has 0 spiro atoms. The lowest BCUT2D eigenvalue weighted by Gasteiger charge is -1.94. The van der Waals surface area contributed by atoms with Gasteiger partial charge in [-0.05, 0) is 35.2 Å². The predicted octanol–water partition coefficient (Wildman–Crippen LogP) is 5.77. The Morgan fingerprint density at radius 2 is 1.56 bits per heavy atom. The second-order valence-corrected chi connectivity index (χ2v) is 5.57. The zero-order valence-corrected chi connectivity index (χ0v) is 12.2. The first-order chi connectivity index (χ1) is 8.84. The minimum Gasteiger partial charge on any atom is -0.0981 e. The van der Waals surface area contributed by atoms with Crippen molar-refractivity contribution in [2.24, 2.45) is 0 Å². The summed E-state index contributed by atoms with van der Waals surface area (Å²) < 4.78 is 1.11. The van der Waals surface area contributed by atoms with E-state index in [1.807, 2.05) is 18.2 Å². The summed E-state index contributed by atoms with van der Waals surface area (Å²) in [5.74, 6) is 0.